The van der Waals surface area contributed by atoms with Gasteiger partial charge >= 0.3 is 0 Å². The highest BCUT2D eigenvalue weighted by Gasteiger charge is 2.11. The summed E-state index contributed by atoms with van der Waals surface area (Å²) in [6.07, 6.45) is -0.455. The van der Waals surface area contributed by atoms with E-state index in [1.54, 1.807) is 14.0 Å². The molecular formula is C7H14N2O2S. The number of carbonyl (C=O) groups excluding carboxylic acids is 1. The first-order valence-electron chi connectivity index (χ1n) is 3.63. The molecule has 0 fully saturated rings. The largest absolute Gasteiger partial charge is 0.393 e. The monoisotopic (exact) mass is 190 g/mol. The number of rotatable bonds is 4. The van der Waals surface area contributed by atoms with E-state index in [-0.39, 0.29) is 17.3 Å². The topological polar surface area (TPSA) is 66.6 Å². The number of aliphatic hydroxyl groups is 1. The van der Waals surface area contributed by atoms with Crippen molar-refractivity contribution < 1.29 is 9.90 Å². The standard InChI is InChI=1S/C7H14N2O2S/c1-5(10)4-9(2)7(11)3-6(8)12/h5,10H,3-4H2,1-2H3,(H2,8,12). The van der Waals surface area contributed by atoms with E-state index >= 15 is 0 Å². The molecule has 3 N–H and O–H groups in total. The minimum Gasteiger partial charge on any atom is -0.393 e. The Morgan fingerprint density at radius 2 is 2.25 bits per heavy atom. The minimum atomic E-state index is -0.523. The SMILES string of the molecule is CC(O)CN(C)C(=O)CC(N)=S. The van der Waals surface area contributed by atoms with Crippen LogP contribution in [-0.2, 0) is 4.79 Å². The van der Waals surface area contributed by atoms with Crippen molar-refractivity contribution in [3.63, 3.8) is 0 Å². The molecule has 0 radical (unpaired) electrons. The van der Waals surface area contributed by atoms with Crippen molar-refractivity contribution in [3.05, 3.63) is 0 Å². The number of nitrogens with zero attached hydrogens (tertiary/aromatic N) is 1. The summed E-state index contributed by atoms with van der Waals surface area (Å²) in [5.41, 5.74) is 5.18. The van der Waals surface area contributed by atoms with Crippen molar-refractivity contribution in [2.45, 2.75) is 19.4 Å². The Balaban J connectivity index is 3.85. The second-order valence-electron chi connectivity index (χ2n) is 2.77. The van der Waals surface area contributed by atoms with Gasteiger partial charge in [0.2, 0.25) is 5.91 Å². The Labute approximate surface area is 77.3 Å². The zero-order chi connectivity index (χ0) is 9.72. The fourth-order valence-corrected chi connectivity index (χ4v) is 0.906. The third-order valence-electron chi connectivity index (χ3n) is 1.29. The zero-order valence-electron chi connectivity index (χ0n) is 7.28. The molecule has 4 nitrogen and oxygen atoms in total. The fraction of sp³-hybridized carbons (Fsp3) is 0.714. The summed E-state index contributed by atoms with van der Waals surface area (Å²) in [6.45, 7) is 1.92. The summed E-state index contributed by atoms with van der Waals surface area (Å²) >= 11 is 4.57. The molecule has 70 valence electrons. The molecule has 0 heterocycles. The molecule has 0 spiro atoms. The van der Waals surface area contributed by atoms with Gasteiger partial charge in [-0.15, -0.1) is 0 Å². The second-order valence-corrected chi connectivity index (χ2v) is 3.29. The van der Waals surface area contributed by atoms with Crippen LogP contribution in [0.4, 0.5) is 0 Å². The van der Waals surface area contributed by atoms with E-state index in [0.29, 0.717) is 6.54 Å². The molecule has 1 amide bonds. The molecule has 0 aromatic heterocycles. The first kappa shape index (κ1) is 11.3. The number of hydrogen-bond acceptors (Lipinski definition) is 3. The lowest BCUT2D eigenvalue weighted by Gasteiger charge is -2.18. The number of likely N-dealkylation sites (N-methyl/N-ethyl adjacent to an activating group) is 1. The number of amides is 1. The van der Waals surface area contributed by atoms with E-state index in [1.165, 1.54) is 4.90 Å². The van der Waals surface area contributed by atoms with E-state index in [2.05, 4.69) is 12.2 Å². The van der Waals surface area contributed by atoms with Gasteiger partial charge in [0.15, 0.2) is 0 Å². The zero-order valence-corrected chi connectivity index (χ0v) is 8.10. The molecule has 12 heavy (non-hydrogen) atoms. The van der Waals surface area contributed by atoms with Crippen molar-refractivity contribution in [1.29, 1.82) is 0 Å². The molecule has 0 aromatic carbocycles. The van der Waals surface area contributed by atoms with E-state index in [4.69, 9.17) is 10.8 Å². The smallest absolute Gasteiger partial charge is 0.229 e. The quantitative estimate of drug-likeness (QED) is 0.587. The third-order valence-corrected chi connectivity index (χ3v) is 1.43. The van der Waals surface area contributed by atoms with E-state index in [0.717, 1.165) is 0 Å². The van der Waals surface area contributed by atoms with E-state index < -0.39 is 6.10 Å². The summed E-state index contributed by atoms with van der Waals surface area (Å²) in [5.74, 6) is -0.164. The lowest BCUT2D eigenvalue weighted by molar-refractivity contribution is -0.129. The van der Waals surface area contributed by atoms with E-state index in [9.17, 15) is 4.79 Å². The molecule has 0 saturated heterocycles. The van der Waals surface area contributed by atoms with E-state index in [1.807, 2.05) is 0 Å². The molecule has 0 rings (SSSR count). The van der Waals surface area contributed by atoms with Gasteiger partial charge in [0.05, 0.1) is 17.5 Å². The first-order valence-corrected chi connectivity index (χ1v) is 4.04. The number of nitrogens with two attached hydrogens (primary N) is 1. The number of carbonyl (C=O) groups is 1. The van der Waals surface area contributed by atoms with Crippen LogP contribution in [0.15, 0.2) is 0 Å². The van der Waals surface area contributed by atoms with Gasteiger partial charge in [-0.1, -0.05) is 12.2 Å². The third kappa shape index (κ3) is 5.03. The van der Waals surface area contributed by atoms with Crippen LogP contribution >= 0.6 is 12.2 Å². The van der Waals surface area contributed by atoms with Crippen molar-refractivity contribution >= 4 is 23.1 Å². The van der Waals surface area contributed by atoms with Crippen LogP contribution in [0.25, 0.3) is 0 Å². The van der Waals surface area contributed by atoms with Gasteiger partial charge in [-0.3, -0.25) is 4.79 Å². The first-order chi connectivity index (χ1) is 5.43. The Hall–Kier alpha value is -0.680. The predicted octanol–water partition coefficient (Wildman–Crippen LogP) is -0.498. The Bertz CT molecular complexity index is 182. The average Bonchev–Trinajstić information content (AvgIpc) is 1.84. The van der Waals surface area contributed by atoms with Crippen LogP contribution < -0.4 is 5.73 Å². The normalized spacial score (nSPS) is 12.2. The highest BCUT2D eigenvalue weighted by molar-refractivity contribution is 7.80. The molecule has 1 atom stereocenters. The van der Waals surface area contributed by atoms with Crippen LogP contribution in [0.5, 0.6) is 0 Å². The molecule has 0 bridgehead atoms. The molecule has 5 heteroatoms. The van der Waals surface area contributed by atoms with Crippen LogP contribution in [0.3, 0.4) is 0 Å². The van der Waals surface area contributed by atoms with Crippen molar-refractivity contribution in [1.82, 2.24) is 4.90 Å². The van der Waals surface area contributed by atoms with Crippen molar-refractivity contribution in [2.75, 3.05) is 13.6 Å². The average molecular weight is 190 g/mol. The lowest BCUT2D eigenvalue weighted by atomic mass is 10.3. The van der Waals surface area contributed by atoms with Gasteiger partial charge in [-0.05, 0) is 6.92 Å². The summed E-state index contributed by atoms with van der Waals surface area (Å²) in [7, 11) is 1.60. The molecular weight excluding hydrogens is 176 g/mol. The molecule has 0 aliphatic rings. The maximum absolute atomic E-state index is 11.1. The van der Waals surface area contributed by atoms with Crippen LogP contribution in [0.1, 0.15) is 13.3 Å². The van der Waals surface area contributed by atoms with Gasteiger partial charge in [0.25, 0.3) is 0 Å². The minimum absolute atomic E-state index is 0.0680. The molecule has 0 aromatic rings. The number of hydrogen-bond donors (Lipinski definition) is 2. The van der Waals surface area contributed by atoms with Crippen LogP contribution in [0.2, 0.25) is 0 Å². The highest BCUT2D eigenvalue weighted by Crippen LogP contribution is 1.93. The van der Waals surface area contributed by atoms with Crippen molar-refractivity contribution in [3.8, 4) is 0 Å². The van der Waals surface area contributed by atoms with Crippen molar-refractivity contribution in [2.24, 2.45) is 5.73 Å². The van der Waals surface area contributed by atoms with Gasteiger partial charge in [0.1, 0.15) is 0 Å². The Morgan fingerprint density at radius 1 is 1.75 bits per heavy atom. The van der Waals surface area contributed by atoms with Gasteiger partial charge in [0, 0.05) is 13.6 Å². The van der Waals surface area contributed by atoms with Gasteiger partial charge in [-0.25, -0.2) is 0 Å². The van der Waals surface area contributed by atoms with Gasteiger partial charge < -0.3 is 15.7 Å². The molecule has 0 saturated carbocycles. The molecule has 0 aliphatic carbocycles. The van der Waals surface area contributed by atoms with Gasteiger partial charge in [-0.2, -0.15) is 0 Å². The highest BCUT2D eigenvalue weighted by atomic mass is 32.1. The van der Waals surface area contributed by atoms with Crippen LogP contribution in [0, 0.1) is 0 Å². The predicted molar refractivity (Wildman–Crippen MR) is 50.7 cm³/mol. The Kier molecular flexibility index (Phi) is 4.77. The molecule has 0 aliphatic heterocycles. The maximum atomic E-state index is 11.1. The summed E-state index contributed by atoms with van der Waals surface area (Å²) in [4.78, 5) is 12.7. The second kappa shape index (κ2) is 5.05. The Morgan fingerprint density at radius 3 is 2.58 bits per heavy atom. The molecule has 1 unspecified atom stereocenters. The number of thiocarbonyl (C=S) groups is 1. The summed E-state index contributed by atoms with van der Waals surface area (Å²) < 4.78 is 0. The summed E-state index contributed by atoms with van der Waals surface area (Å²) in [6, 6.07) is 0. The lowest BCUT2D eigenvalue weighted by Crippen LogP contribution is -2.35. The maximum Gasteiger partial charge on any atom is 0.229 e. The number of aliphatic hydroxyl groups excluding tert-OH is 1. The summed E-state index contributed by atoms with van der Waals surface area (Å²) in [5, 5.41) is 8.95. The van der Waals surface area contributed by atoms with Crippen LogP contribution in [-0.4, -0.2) is 40.6 Å². The fourth-order valence-electron chi connectivity index (χ4n) is 0.782.